The van der Waals surface area contributed by atoms with Gasteiger partial charge >= 0.3 is 0 Å². The molecule has 2 nitrogen and oxygen atoms in total. The largest absolute Gasteiger partial charge is 0.255 e. The van der Waals surface area contributed by atoms with E-state index in [1.807, 2.05) is 50.5 Å². The molecule has 2 aromatic rings. The molecular weight excluding hydrogens is 196 g/mol. The predicted molar refractivity (Wildman–Crippen MR) is 68.3 cm³/mol. The second-order valence-electron chi connectivity index (χ2n) is 3.44. The van der Waals surface area contributed by atoms with E-state index in [-0.39, 0.29) is 0 Å². The van der Waals surface area contributed by atoms with E-state index in [1.165, 1.54) is 11.1 Å². The average molecular weight is 214 g/mol. The Morgan fingerprint density at radius 3 is 1.44 bits per heavy atom. The second-order valence-corrected chi connectivity index (χ2v) is 3.44. The Morgan fingerprint density at radius 2 is 1.12 bits per heavy atom. The molecule has 2 aromatic heterocycles. The number of hydrogen-bond donors (Lipinski definition) is 0. The van der Waals surface area contributed by atoms with E-state index < -0.39 is 0 Å². The summed E-state index contributed by atoms with van der Waals surface area (Å²) in [5, 5.41) is 0. The Morgan fingerprint density at radius 1 is 0.750 bits per heavy atom. The predicted octanol–water partition coefficient (Wildman–Crippen LogP) is 3.79. The smallest absolute Gasteiger partial charge is 0.0888 e. The van der Waals surface area contributed by atoms with E-state index in [4.69, 9.17) is 0 Å². The van der Waals surface area contributed by atoms with Crippen molar-refractivity contribution in [2.45, 2.75) is 27.7 Å². The molecule has 0 fully saturated rings. The van der Waals surface area contributed by atoms with Gasteiger partial charge in [-0.1, -0.05) is 13.8 Å². The number of hydrogen-bond acceptors (Lipinski definition) is 2. The Balaban J connectivity index is 0.000000606. The molecule has 0 aliphatic heterocycles. The lowest BCUT2D eigenvalue weighted by atomic mass is 10.1. The fourth-order valence-electron chi connectivity index (χ4n) is 1.35. The molecule has 0 aromatic carbocycles. The van der Waals surface area contributed by atoms with Crippen molar-refractivity contribution in [3.05, 3.63) is 47.8 Å². The summed E-state index contributed by atoms with van der Waals surface area (Å²) >= 11 is 0. The zero-order valence-corrected chi connectivity index (χ0v) is 10.4. The van der Waals surface area contributed by atoms with Gasteiger partial charge in [-0.25, -0.2) is 0 Å². The van der Waals surface area contributed by atoms with Crippen LogP contribution in [0.5, 0.6) is 0 Å². The summed E-state index contributed by atoms with van der Waals surface area (Å²) in [6.07, 6.45) is 3.63. The van der Waals surface area contributed by atoms with Crippen molar-refractivity contribution in [3.63, 3.8) is 0 Å². The van der Waals surface area contributed by atoms with E-state index in [2.05, 4.69) is 23.8 Å². The summed E-state index contributed by atoms with van der Waals surface area (Å²) in [4.78, 5) is 8.58. The molecule has 0 N–H and O–H groups in total. The molecule has 2 heteroatoms. The van der Waals surface area contributed by atoms with Crippen LogP contribution in [0.1, 0.15) is 25.0 Å². The first-order chi connectivity index (χ1) is 7.75. The Labute approximate surface area is 97.4 Å². The van der Waals surface area contributed by atoms with Crippen LogP contribution in [0.25, 0.3) is 11.4 Å². The molecule has 2 rings (SSSR count). The fourth-order valence-corrected chi connectivity index (χ4v) is 1.35. The van der Waals surface area contributed by atoms with Gasteiger partial charge in [0.2, 0.25) is 0 Å². The van der Waals surface area contributed by atoms with Crippen LogP contribution in [0.15, 0.2) is 36.7 Å². The van der Waals surface area contributed by atoms with Gasteiger partial charge < -0.3 is 0 Å². The summed E-state index contributed by atoms with van der Waals surface area (Å²) in [5.41, 5.74) is 4.29. The molecule has 0 radical (unpaired) electrons. The number of pyridine rings is 2. The first kappa shape index (κ1) is 12.4. The molecule has 84 valence electrons. The maximum atomic E-state index is 4.29. The third-order valence-electron chi connectivity index (χ3n) is 2.09. The quantitative estimate of drug-likeness (QED) is 0.721. The normalized spacial score (nSPS) is 9.25. The first-order valence-corrected chi connectivity index (χ1v) is 5.61. The summed E-state index contributed by atoms with van der Waals surface area (Å²) in [5.74, 6) is 0. The molecule has 16 heavy (non-hydrogen) atoms. The topological polar surface area (TPSA) is 25.8 Å². The molecule has 0 bridgehead atoms. The van der Waals surface area contributed by atoms with Crippen LogP contribution in [0.2, 0.25) is 0 Å². The molecule has 0 unspecified atom stereocenters. The maximum Gasteiger partial charge on any atom is 0.0888 e. The minimum Gasteiger partial charge on any atom is -0.255 e. The zero-order valence-electron chi connectivity index (χ0n) is 10.4. The highest BCUT2D eigenvalue weighted by Gasteiger charge is 2.00. The van der Waals surface area contributed by atoms with E-state index in [9.17, 15) is 0 Å². The van der Waals surface area contributed by atoms with Crippen molar-refractivity contribution in [2.24, 2.45) is 0 Å². The number of rotatable bonds is 1. The highest BCUT2D eigenvalue weighted by Crippen LogP contribution is 2.15. The van der Waals surface area contributed by atoms with Crippen LogP contribution < -0.4 is 0 Å². The monoisotopic (exact) mass is 214 g/mol. The lowest BCUT2D eigenvalue weighted by Gasteiger charge is -2.01. The lowest BCUT2D eigenvalue weighted by molar-refractivity contribution is 1.21. The molecule has 2 heterocycles. The van der Waals surface area contributed by atoms with E-state index in [0.29, 0.717) is 0 Å². The Hall–Kier alpha value is -1.70. The molecule has 0 aliphatic carbocycles. The highest BCUT2D eigenvalue weighted by molar-refractivity contribution is 5.55. The van der Waals surface area contributed by atoms with Crippen molar-refractivity contribution in [1.29, 1.82) is 0 Å². The van der Waals surface area contributed by atoms with E-state index >= 15 is 0 Å². The van der Waals surface area contributed by atoms with Gasteiger partial charge in [0.05, 0.1) is 11.4 Å². The van der Waals surface area contributed by atoms with Crippen molar-refractivity contribution in [1.82, 2.24) is 9.97 Å². The van der Waals surface area contributed by atoms with Gasteiger partial charge in [-0.15, -0.1) is 0 Å². The van der Waals surface area contributed by atoms with Gasteiger partial charge in [-0.2, -0.15) is 0 Å². The van der Waals surface area contributed by atoms with Crippen LogP contribution in [-0.2, 0) is 0 Å². The van der Waals surface area contributed by atoms with Crippen LogP contribution in [0.3, 0.4) is 0 Å². The summed E-state index contributed by atoms with van der Waals surface area (Å²) < 4.78 is 0. The minimum atomic E-state index is 0.939. The number of nitrogens with zero attached hydrogens (tertiary/aromatic N) is 2. The van der Waals surface area contributed by atoms with Crippen molar-refractivity contribution in [3.8, 4) is 11.4 Å². The van der Waals surface area contributed by atoms with Gasteiger partial charge in [0.15, 0.2) is 0 Å². The minimum absolute atomic E-state index is 0.939. The molecule has 0 saturated carbocycles. The van der Waals surface area contributed by atoms with Gasteiger partial charge in [0, 0.05) is 12.4 Å². The lowest BCUT2D eigenvalue weighted by Crippen LogP contribution is -1.88. The molecule has 0 aliphatic rings. The summed E-state index contributed by atoms with van der Waals surface area (Å²) in [6.45, 7) is 8.11. The van der Waals surface area contributed by atoms with Crippen LogP contribution >= 0.6 is 0 Å². The molecule has 0 amide bonds. The van der Waals surface area contributed by atoms with Gasteiger partial charge in [-0.05, 0) is 49.2 Å². The van der Waals surface area contributed by atoms with Gasteiger partial charge in [-0.3, -0.25) is 9.97 Å². The van der Waals surface area contributed by atoms with Crippen LogP contribution in [-0.4, -0.2) is 9.97 Å². The molecule has 0 saturated heterocycles. The molecular formula is C14H18N2. The van der Waals surface area contributed by atoms with E-state index in [1.54, 1.807) is 0 Å². The van der Waals surface area contributed by atoms with Gasteiger partial charge in [0.25, 0.3) is 0 Å². The summed E-state index contributed by atoms with van der Waals surface area (Å²) in [6, 6.07) is 8.06. The molecule has 0 spiro atoms. The fraction of sp³-hybridized carbons (Fsp3) is 0.286. The average Bonchev–Trinajstić information content (AvgIpc) is 2.32. The number of aromatic nitrogens is 2. The van der Waals surface area contributed by atoms with Crippen molar-refractivity contribution < 1.29 is 0 Å². The number of aryl methyl sites for hydroxylation is 2. The standard InChI is InChI=1S/C12H12N2.C2H6/c1-9-3-5-13-11(7-9)12-8-10(2)4-6-14-12;1-2/h3-8H,1-2H3;1-2H3. The third-order valence-corrected chi connectivity index (χ3v) is 2.09. The van der Waals surface area contributed by atoms with Crippen LogP contribution in [0.4, 0.5) is 0 Å². The highest BCUT2D eigenvalue weighted by atomic mass is 14.8. The van der Waals surface area contributed by atoms with Gasteiger partial charge in [0.1, 0.15) is 0 Å². The third kappa shape index (κ3) is 3.16. The van der Waals surface area contributed by atoms with Crippen molar-refractivity contribution in [2.75, 3.05) is 0 Å². The molecule has 0 atom stereocenters. The van der Waals surface area contributed by atoms with E-state index in [0.717, 1.165) is 11.4 Å². The Kier molecular flexibility index (Phi) is 4.65. The summed E-state index contributed by atoms with van der Waals surface area (Å²) in [7, 11) is 0. The Bertz CT molecular complexity index is 406. The SMILES string of the molecule is CC.Cc1ccnc(-c2cc(C)ccn2)c1. The first-order valence-electron chi connectivity index (χ1n) is 5.61. The maximum absolute atomic E-state index is 4.29. The van der Waals surface area contributed by atoms with Crippen molar-refractivity contribution >= 4 is 0 Å². The van der Waals surface area contributed by atoms with Crippen LogP contribution in [0, 0.1) is 13.8 Å². The zero-order chi connectivity index (χ0) is 12.0. The second kappa shape index (κ2) is 6.01.